The summed E-state index contributed by atoms with van der Waals surface area (Å²) >= 11 is 1.50. The van der Waals surface area contributed by atoms with E-state index in [9.17, 15) is 4.79 Å². The molecule has 1 aromatic heterocycles. The third kappa shape index (κ3) is 3.17. The highest BCUT2D eigenvalue weighted by molar-refractivity contribution is 7.15. The average Bonchev–Trinajstić information content (AvgIpc) is 2.75. The second-order valence-corrected chi connectivity index (χ2v) is 5.27. The van der Waals surface area contributed by atoms with Gasteiger partial charge in [-0.15, -0.1) is 23.7 Å². The molecule has 16 heavy (non-hydrogen) atoms. The molecule has 1 amide bonds. The quantitative estimate of drug-likeness (QED) is 0.855. The lowest BCUT2D eigenvalue weighted by atomic mass is 10.1. The number of thiazole rings is 1. The van der Waals surface area contributed by atoms with E-state index in [2.05, 4.69) is 10.3 Å². The second-order valence-electron chi connectivity index (χ2n) is 4.04. The normalized spacial score (nSPS) is 23.9. The maximum atomic E-state index is 11.8. The molecule has 1 aliphatic carbocycles. The van der Waals surface area contributed by atoms with Crippen molar-refractivity contribution in [3.63, 3.8) is 0 Å². The Balaban J connectivity index is 0.00000128. The van der Waals surface area contributed by atoms with Crippen LogP contribution in [0.2, 0.25) is 0 Å². The molecule has 1 fully saturated rings. The lowest BCUT2D eigenvalue weighted by molar-refractivity contribution is -0.119. The van der Waals surface area contributed by atoms with Crippen molar-refractivity contribution in [3.8, 4) is 0 Å². The van der Waals surface area contributed by atoms with Crippen LogP contribution in [0.25, 0.3) is 0 Å². The molecule has 0 radical (unpaired) electrons. The summed E-state index contributed by atoms with van der Waals surface area (Å²) in [5.41, 5.74) is 5.77. The van der Waals surface area contributed by atoms with Crippen LogP contribution in [-0.4, -0.2) is 16.9 Å². The Morgan fingerprint density at radius 3 is 2.88 bits per heavy atom. The summed E-state index contributed by atoms with van der Waals surface area (Å²) < 4.78 is 0. The molecule has 4 nitrogen and oxygen atoms in total. The van der Waals surface area contributed by atoms with Crippen molar-refractivity contribution in [1.82, 2.24) is 4.98 Å². The van der Waals surface area contributed by atoms with Crippen LogP contribution in [0.15, 0.2) is 6.20 Å². The number of rotatable bonds is 2. The van der Waals surface area contributed by atoms with Crippen molar-refractivity contribution < 1.29 is 4.79 Å². The zero-order chi connectivity index (χ0) is 10.8. The van der Waals surface area contributed by atoms with Gasteiger partial charge in [-0.25, -0.2) is 4.98 Å². The molecule has 1 heterocycles. The fourth-order valence-electron chi connectivity index (χ4n) is 1.87. The molecule has 0 aliphatic heterocycles. The molecule has 2 unspecified atom stereocenters. The van der Waals surface area contributed by atoms with Crippen LogP contribution in [0, 0.1) is 12.8 Å². The molecular formula is C10H16ClN3OS. The van der Waals surface area contributed by atoms with E-state index in [0.29, 0.717) is 5.13 Å². The SMILES string of the molecule is Cc1cnc(NC(=O)C2CCC(N)C2)s1.Cl. The van der Waals surface area contributed by atoms with Gasteiger partial charge in [-0.3, -0.25) is 4.79 Å². The minimum Gasteiger partial charge on any atom is -0.328 e. The van der Waals surface area contributed by atoms with E-state index in [1.807, 2.05) is 6.92 Å². The van der Waals surface area contributed by atoms with Crippen molar-refractivity contribution in [2.24, 2.45) is 11.7 Å². The van der Waals surface area contributed by atoms with Crippen molar-refractivity contribution >= 4 is 34.8 Å². The van der Waals surface area contributed by atoms with Crippen LogP contribution in [0.4, 0.5) is 5.13 Å². The average molecular weight is 262 g/mol. The molecule has 6 heteroatoms. The summed E-state index contributed by atoms with van der Waals surface area (Å²) in [7, 11) is 0. The van der Waals surface area contributed by atoms with Crippen molar-refractivity contribution in [2.45, 2.75) is 32.2 Å². The largest absolute Gasteiger partial charge is 0.328 e. The molecule has 1 saturated carbocycles. The maximum Gasteiger partial charge on any atom is 0.229 e. The zero-order valence-corrected chi connectivity index (χ0v) is 10.7. The lowest BCUT2D eigenvalue weighted by Crippen LogP contribution is -2.23. The number of nitrogens with two attached hydrogens (primary N) is 1. The highest BCUT2D eigenvalue weighted by atomic mass is 35.5. The van der Waals surface area contributed by atoms with Gasteiger partial charge in [0.1, 0.15) is 0 Å². The first-order valence-corrected chi connectivity index (χ1v) is 5.95. The summed E-state index contributed by atoms with van der Waals surface area (Å²) in [5, 5.41) is 3.53. The number of amides is 1. The van der Waals surface area contributed by atoms with Crippen molar-refractivity contribution in [3.05, 3.63) is 11.1 Å². The van der Waals surface area contributed by atoms with Crippen LogP contribution in [0.5, 0.6) is 0 Å². The van der Waals surface area contributed by atoms with E-state index < -0.39 is 0 Å². The first kappa shape index (κ1) is 13.4. The van der Waals surface area contributed by atoms with Gasteiger partial charge < -0.3 is 11.1 Å². The molecule has 3 N–H and O–H groups in total. The highest BCUT2D eigenvalue weighted by Gasteiger charge is 2.28. The van der Waals surface area contributed by atoms with E-state index in [4.69, 9.17) is 5.73 Å². The van der Waals surface area contributed by atoms with Gasteiger partial charge in [-0.05, 0) is 26.2 Å². The Morgan fingerprint density at radius 1 is 1.62 bits per heavy atom. The number of aryl methyl sites for hydroxylation is 1. The van der Waals surface area contributed by atoms with E-state index >= 15 is 0 Å². The Kier molecular flexibility index (Phi) is 4.70. The molecular weight excluding hydrogens is 246 g/mol. The van der Waals surface area contributed by atoms with E-state index in [1.54, 1.807) is 6.20 Å². The number of hydrogen-bond donors (Lipinski definition) is 2. The minimum absolute atomic E-state index is 0. The predicted molar refractivity (Wildman–Crippen MR) is 68.0 cm³/mol. The Morgan fingerprint density at radius 2 is 2.38 bits per heavy atom. The number of nitrogens with one attached hydrogen (secondary N) is 1. The standard InChI is InChI=1S/C10H15N3OS.ClH/c1-6-5-12-10(15-6)13-9(14)7-2-3-8(11)4-7;/h5,7-8H,2-4,11H2,1H3,(H,12,13,14);1H. The van der Waals surface area contributed by atoms with Gasteiger partial charge in [0.05, 0.1) is 0 Å². The molecule has 90 valence electrons. The summed E-state index contributed by atoms with van der Waals surface area (Å²) in [6.45, 7) is 1.97. The Hall–Kier alpha value is -0.650. The number of carbonyl (C=O) groups is 1. The monoisotopic (exact) mass is 261 g/mol. The molecule has 1 aromatic rings. The lowest BCUT2D eigenvalue weighted by Gasteiger charge is -2.07. The van der Waals surface area contributed by atoms with Gasteiger partial charge in [-0.1, -0.05) is 0 Å². The molecule has 1 aliphatic rings. The third-order valence-electron chi connectivity index (χ3n) is 2.70. The molecule has 2 rings (SSSR count). The van der Waals surface area contributed by atoms with Gasteiger partial charge in [0.15, 0.2) is 5.13 Å². The number of anilines is 1. The van der Waals surface area contributed by atoms with Crippen LogP contribution in [-0.2, 0) is 4.79 Å². The maximum absolute atomic E-state index is 11.8. The first-order valence-electron chi connectivity index (χ1n) is 5.14. The number of halogens is 1. The van der Waals surface area contributed by atoms with Crippen LogP contribution in [0.1, 0.15) is 24.1 Å². The van der Waals surface area contributed by atoms with Crippen molar-refractivity contribution in [2.75, 3.05) is 5.32 Å². The molecule has 2 atom stereocenters. The van der Waals surface area contributed by atoms with Crippen molar-refractivity contribution in [1.29, 1.82) is 0 Å². The summed E-state index contributed by atoms with van der Waals surface area (Å²) in [5.74, 6) is 0.140. The molecule has 0 saturated heterocycles. The number of carbonyl (C=O) groups excluding carboxylic acids is 1. The van der Waals surface area contributed by atoms with E-state index in [-0.39, 0.29) is 30.3 Å². The number of aromatic nitrogens is 1. The van der Waals surface area contributed by atoms with Crippen LogP contribution in [0.3, 0.4) is 0 Å². The summed E-state index contributed by atoms with van der Waals surface area (Å²) in [4.78, 5) is 17.0. The first-order chi connectivity index (χ1) is 7.15. The Labute approximate surface area is 105 Å². The van der Waals surface area contributed by atoms with Gasteiger partial charge in [0.25, 0.3) is 0 Å². The van der Waals surface area contributed by atoms with E-state index in [0.717, 1.165) is 24.1 Å². The molecule has 0 aromatic carbocycles. The topological polar surface area (TPSA) is 68.0 Å². The van der Waals surface area contributed by atoms with Gasteiger partial charge in [0.2, 0.25) is 5.91 Å². The number of hydrogen-bond acceptors (Lipinski definition) is 4. The smallest absolute Gasteiger partial charge is 0.229 e. The summed E-state index contributed by atoms with van der Waals surface area (Å²) in [6.07, 6.45) is 4.42. The highest BCUT2D eigenvalue weighted by Crippen LogP contribution is 2.26. The zero-order valence-electron chi connectivity index (χ0n) is 9.10. The van der Waals surface area contributed by atoms with Gasteiger partial charge >= 0.3 is 0 Å². The minimum atomic E-state index is 0. The third-order valence-corrected chi connectivity index (χ3v) is 3.52. The van der Waals surface area contributed by atoms with Gasteiger partial charge in [0, 0.05) is 23.0 Å². The molecule has 0 spiro atoms. The predicted octanol–water partition coefficient (Wildman–Crippen LogP) is 1.94. The second kappa shape index (κ2) is 5.61. The van der Waals surface area contributed by atoms with Crippen LogP contribution >= 0.6 is 23.7 Å². The van der Waals surface area contributed by atoms with Crippen LogP contribution < -0.4 is 11.1 Å². The van der Waals surface area contributed by atoms with E-state index in [1.165, 1.54) is 11.3 Å². The van der Waals surface area contributed by atoms with Gasteiger partial charge in [-0.2, -0.15) is 0 Å². The Bertz CT molecular complexity index is 369. The fourth-order valence-corrected chi connectivity index (χ4v) is 2.54. The number of nitrogens with zero attached hydrogens (tertiary/aromatic N) is 1. The molecule has 0 bridgehead atoms. The summed E-state index contributed by atoms with van der Waals surface area (Å²) in [6, 6.07) is 0.193. The fraction of sp³-hybridized carbons (Fsp3) is 0.600.